The van der Waals surface area contributed by atoms with Gasteiger partial charge in [-0.2, -0.15) is 0 Å². The lowest BCUT2D eigenvalue weighted by Crippen LogP contribution is -2.30. The topological polar surface area (TPSA) is 63.8 Å². The molecule has 0 bridgehead atoms. The lowest BCUT2D eigenvalue weighted by Gasteiger charge is -2.21. The average molecular weight is 298 g/mol. The third-order valence-electron chi connectivity index (χ3n) is 2.93. The highest BCUT2D eigenvalue weighted by molar-refractivity contribution is 7.05. The Hall–Kier alpha value is -1.44. The van der Waals surface area contributed by atoms with Crippen LogP contribution in [0.4, 0.5) is 8.78 Å². The van der Waals surface area contributed by atoms with Gasteiger partial charge in [0.2, 0.25) is 0 Å². The molecule has 1 heterocycles. The molecule has 0 amide bonds. The smallest absolute Gasteiger partial charge is 0.159 e. The molecule has 0 fully saturated rings. The van der Waals surface area contributed by atoms with E-state index in [9.17, 15) is 8.78 Å². The van der Waals surface area contributed by atoms with E-state index in [2.05, 4.69) is 15.0 Å². The second kappa shape index (κ2) is 5.51. The third-order valence-corrected chi connectivity index (χ3v) is 3.72. The lowest BCUT2D eigenvalue weighted by atomic mass is 9.89. The average Bonchev–Trinajstić information content (AvgIpc) is 2.83. The Bertz CT molecular complexity index is 607. The number of hydrazine groups is 1. The predicted molar refractivity (Wildman–Crippen MR) is 74.1 cm³/mol. The van der Waals surface area contributed by atoms with Crippen molar-refractivity contribution in [1.29, 1.82) is 0 Å². The van der Waals surface area contributed by atoms with Gasteiger partial charge in [-0.15, -0.1) is 5.10 Å². The van der Waals surface area contributed by atoms with Crippen LogP contribution in [-0.4, -0.2) is 9.59 Å². The van der Waals surface area contributed by atoms with Crippen LogP contribution in [0.1, 0.15) is 42.9 Å². The summed E-state index contributed by atoms with van der Waals surface area (Å²) in [6.07, 6.45) is 0. The van der Waals surface area contributed by atoms with E-state index in [-0.39, 0.29) is 5.41 Å². The van der Waals surface area contributed by atoms with Crippen molar-refractivity contribution in [2.24, 2.45) is 5.84 Å². The van der Waals surface area contributed by atoms with E-state index in [4.69, 9.17) is 5.84 Å². The Morgan fingerprint density at radius 1 is 1.25 bits per heavy atom. The monoisotopic (exact) mass is 298 g/mol. The fourth-order valence-corrected chi connectivity index (χ4v) is 2.88. The van der Waals surface area contributed by atoms with Crippen LogP contribution in [-0.2, 0) is 5.41 Å². The number of hydrogen-bond donors (Lipinski definition) is 2. The van der Waals surface area contributed by atoms with Gasteiger partial charge < -0.3 is 0 Å². The molecule has 3 N–H and O–H groups in total. The summed E-state index contributed by atoms with van der Waals surface area (Å²) < 4.78 is 30.4. The molecule has 0 radical (unpaired) electrons. The molecular formula is C13H16F2N4S. The zero-order chi connectivity index (χ0) is 14.9. The van der Waals surface area contributed by atoms with Gasteiger partial charge in [0.05, 0.1) is 16.6 Å². The fraction of sp³-hybridized carbons (Fsp3) is 0.385. The fourth-order valence-electron chi connectivity index (χ4n) is 1.92. The highest BCUT2D eigenvalue weighted by atomic mass is 32.1. The Balaban J connectivity index is 2.48. The van der Waals surface area contributed by atoms with E-state index in [0.29, 0.717) is 5.56 Å². The van der Waals surface area contributed by atoms with Crippen molar-refractivity contribution in [2.45, 2.75) is 32.2 Å². The first-order valence-electron chi connectivity index (χ1n) is 6.08. The first-order valence-corrected chi connectivity index (χ1v) is 6.85. The SMILES string of the molecule is CC(C)(C)c1nnsc1C(NN)c1ccc(F)c(F)c1. The largest absolute Gasteiger partial charge is 0.271 e. The number of benzene rings is 1. The van der Waals surface area contributed by atoms with Crippen LogP contribution in [0.3, 0.4) is 0 Å². The van der Waals surface area contributed by atoms with E-state index in [1.807, 2.05) is 20.8 Å². The molecule has 1 unspecified atom stereocenters. The Labute approximate surface area is 120 Å². The van der Waals surface area contributed by atoms with E-state index in [1.165, 1.54) is 17.6 Å². The van der Waals surface area contributed by atoms with Gasteiger partial charge in [-0.25, -0.2) is 14.2 Å². The Kier molecular flexibility index (Phi) is 4.12. The predicted octanol–water partition coefficient (Wildman–Crippen LogP) is 2.67. The number of nitrogens with zero attached hydrogens (tertiary/aromatic N) is 2. The first kappa shape index (κ1) is 15.0. The van der Waals surface area contributed by atoms with Crippen molar-refractivity contribution in [2.75, 3.05) is 0 Å². The summed E-state index contributed by atoms with van der Waals surface area (Å²) in [6, 6.07) is 3.24. The van der Waals surface area contributed by atoms with Gasteiger partial charge in [-0.3, -0.25) is 5.84 Å². The molecule has 0 saturated heterocycles. The maximum Gasteiger partial charge on any atom is 0.159 e. The van der Waals surface area contributed by atoms with Crippen LogP contribution in [0.15, 0.2) is 18.2 Å². The molecule has 1 aromatic carbocycles. The normalized spacial score (nSPS) is 13.5. The molecule has 1 aromatic heterocycles. The minimum Gasteiger partial charge on any atom is -0.271 e. The number of aromatic nitrogens is 2. The van der Waals surface area contributed by atoms with Crippen molar-refractivity contribution in [1.82, 2.24) is 15.0 Å². The number of halogens is 2. The van der Waals surface area contributed by atoms with Crippen LogP contribution in [0.5, 0.6) is 0 Å². The van der Waals surface area contributed by atoms with Crippen LogP contribution in [0.25, 0.3) is 0 Å². The van der Waals surface area contributed by atoms with Gasteiger partial charge in [0.25, 0.3) is 0 Å². The van der Waals surface area contributed by atoms with Gasteiger partial charge in [-0.05, 0) is 29.2 Å². The van der Waals surface area contributed by atoms with Crippen molar-refractivity contribution >= 4 is 11.5 Å². The molecule has 4 nitrogen and oxygen atoms in total. The van der Waals surface area contributed by atoms with Gasteiger partial charge in [0.1, 0.15) is 0 Å². The van der Waals surface area contributed by atoms with Gasteiger partial charge >= 0.3 is 0 Å². The minimum absolute atomic E-state index is 0.212. The quantitative estimate of drug-likeness (QED) is 0.675. The summed E-state index contributed by atoms with van der Waals surface area (Å²) in [4.78, 5) is 0.797. The highest BCUT2D eigenvalue weighted by Crippen LogP contribution is 2.33. The van der Waals surface area contributed by atoms with E-state index < -0.39 is 17.7 Å². The first-order chi connectivity index (χ1) is 9.34. The molecule has 1 atom stereocenters. The maximum atomic E-state index is 13.4. The summed E-state index contributed by atoms with van der Waals surface area (Å²) in [5.41, 5.74) is 3.73. The van der Waals surface area contributed by atoms with E-state index >= 15 is 0 Å². The molecule has 0 aliphatic rings. The maximum absolute atomic E-state index is 13.4. The Morgan fingerprint density at radius 2 is 1.95 bits per heavy atom. The van der Waals surface area contributed by atoms with Crippen LogP contribution >= 0.6 is 11.5 Å². The molecule has 2 rings (SSSR count). The zero-order valence-corrected chi connectivity index (χ0v) is 12.3. The number of nitrogens with two attached hydrogens (primary N) is 1. The van der Waals surface area contributed by atoms with Crippen molar-refractivity contribution in [3.63, 3.8) is 0 Å². The highest BCUT2D eigenvalue weighted by Gasteiger charge is 2.28. The van der Waals surface area contributed by atoms with Crippen LogP contribution < -0.4 is 11.3 Å². The van der Waals surface area contributed by atoms with Crippen molar-refractivity contribution in [3.8, 4) is 0 Å². The molecule has 2 aromatic rings. The van der Waals surface area contributed by atoms with Crippen molar-refractivity contribution in [3.05, 3.63) is 46.0 Å². The zero-order valence-electron chi connectivity index (χ0n) is 11.4. The van der Waals surface area contributed by atoms with Crippen LogP contribution in [0.2, 0.25) is 0 Å². The second-order valence-corrected chi connectivity index (χ2v) is 6.29. The summed E-state index contributed by atoms with van der Waals surface area (Å²) >= 11 is 1.19. The summed E-state index contributed by atoms with van der Waals surface area (Å²) in [6.45, 7) is 6.02. The van der Waals surface area contributed by atoms with E-state index in [0.717, 1.165) is 22.7 Å². The molecule has 20 heavy (non-hydrogen) atoms. The molecule has 108 valence electrons. The molecular weight excluding hydrogens is 282 g/mol. The summed E-state index contributed by atoms with van der Waals surface area (Å²) in [5.74, 6) is 3.79. The molecule has 7 heteroatoms. The van der Waals surface area contributed by atoms with Gasteiger partial charge in [0.15, 0.2) is 11.6 Å². The molecule has 0 saturated carbocycles. The van der Waals surface area contributed by atoms with Crippen LogP contribution in [0, 0.1) is 11.6 Å². The molecule has 0 spiro atoms. The number of rotatable bonds is 3. The van der Waals surface area contributed by atoms with Gasteiger partial charge in [0, 0.05) is 5.41 Å². The van der Waals surface area contributed by atoms with Crippen molar-refractivity contribution < 1.29 is 8.78 Å². The minimum atomic E-state index is -0.905. The lowest BCUT2D eigenvalue weighted by molar-refractivity contribution is 0.502. The third kappa shape index (κ3) is 2.84. The second-order valence-electron chi connectivity index (χ2n) is 5.51. The summed E-state index contributed by atoms with van der Waals surface area (Å²) in [5, 5.41) is 4.13. The number of nitrogens with one attached hydrogen (secondary N) is 1. The molecule has 0 aliphatic carbocycles. The summed E-state index contributed by atoms with van der Waals surface area (Å²) in [7, 11) is 0. The molecule has 0 aliphatic heterocycles. The van der Waals surface area contributed by atoms with E-state index in [1.54, 1.807) is 0 Å². The standard InChI is InChI=1S/C13H16F2N4S/c1-13(2,3)12-11(20-19-18-12)10(17-16)7-4-5-8(14)9(15)6-7/h4-6,10,17H,16H2,1-3H3. The van der Waals surface area contributed by atoms with Gasteiger partial charge in [-0.1, -0.05) is 31.3 Å². The Morgan fingerprint density at radius 3 is 2.50 bits per heavy atom. The number of hydrogen-bond acceptors (Lipinski definition) is 5.